The van der Waals surface area contributed by atoms with Gasteiger partial charge in [-0.2, -0.15) is 0 Å². The average molecular weight is 431 g/mol. The smallest absolute Gasteiger partial charge is 0.286 e. The minimum absolute atomic E-state index is 0.00245. The number of hydrogen-bond donors (Lipinski definition) is 2. The highest BCUT2D eigenvalue weighted by molar-refractivity contribution is 5.91. The molecule has 8 heteroatoms. The highest BCUT2D eigenvalue weighted by Crippen LogP contribution is 2.38. The molecule has 1 aliphatic rings. The number of fused-ring (bicyclic) bond motifs is 1. The molecule has 0 saturated carbocycles. The van der Waals surface area contributed by atoms with Crippen LogP contribution in [0.4, 0.5) is 0 Å². The number of carbonyl (C=O) groups excluding carboxylic acids is 1. The fourth-order valence-electron chi connectivity index (χ4n) is 3.80. The fraction of sp³-hybridized carbons (Fsp3) is 0.478. The summed E-state index contributed by atoms with van der Waals surface area (Å²) in [6.07, 6.45) is 3.43. The van der Waals surface area contributed by atoms with E-state index in [1.54, 1.807) is 37.5 Å². The molecule has 168 valence electrons. The first-order chi connectivity index (χ1) is 15.1. The third-order valence-corrected chi connectivity index (χ3v) is 5.29. The summed E-state index contributed by atoms with van der Waals surface area (Å²) in [5, 5.41) is 12.6. The largest absolute Gasteiger partial charge is 0.464 e. The summed E-state index contributed by atoms with van der Waals surface area (Å²) in [5.41, 5.74) is 0.767. The van der Waals surface area contributed by atoms with Crippen LogP contribution < -0.4 is 10.7 Å². The highest BCUT2D eigenvalue weighted by atomic mass is 16.7. The van der Waals surface area contributed by atoms with E-state index in [-0.39, 0.29) is 23.7 Å². The third kappa shape index (κ3) is 5.33. The van der Waals surface area contributed by atoms with Gasteiger partial charge < -0.3 is 29.1 Å². The Morgan fingerprint density at radius 2 is 2.10 bits per heavy atom. The van der Waals surface area contributed by atoms with Crippen LogP contribution in [0.5, 0.6) is 0 Å². The molecule has 0 spiro atoms. The van der Waals surface area contributed by atoms with E-state index in [1.807, 2.05) is 6.92 Å². The van der Waals surface area contributed by atoms with Gasteiger partial charge in [0.2, 0.25) is 6.29 Å². The molecule has 0 unspecified atom stereocenters. The first-order valence-electron chi connectivity index (χ1n) is 10.5. The number of allylic oxidation sites excluding steroid dienone is 1. The number of nitrogens with one attached hydrogen (secondary N) is 1. The molecule has 1 aliphatic heterocycles. The maximum atomic E-state index is 13.3. The van der Waals surface area contributed by atoms with Gasteiger partial charge in [-0.15, -0.1) is 0 Å². The molecular formula is C23H29NO7. The molecule has 3 atom stereocenters. The van der Waals surface area contributed by atoms with Crippen molar-refractivity contribution in [2.24, 2.45) is 5.92 Å². The average Bonchev–Trinajstić information content (AvgIpc) is 2.78. The van der Waals surface area contributed by atoms with E-state index in [1.165, 1.54) is 6.26 Å². The Bertz CT molecular complexity index is 968. The zero-order valence-corrected chi connectivity index (χ0v) is 17.8. The summed E-state index contributed by atoms with van der Waals surface area (Å²) in [6, 6.07) is 7.04. The number of benzene rings is 1. The molecule has 0 saturated heterocycles. The van der Waals surface area contributed by atoms with Gasteiger partial charge in [-0.1, -0.05) is 12.1 Å². The maximum absolute atomic E-state index is 13.3. The van der Waals surface area contributed by atoms with Crippen LogP contribution in [-0.4, -0.2) is 50.8 Å². The predicted octanol–water partition coefficient (Wildman–Crippen LogP) is 2.30. The van der Waals surface area contributed by atoms with Gasteiger partial charge in [-0.25, -0.2) is 0 Å². The van der Waals surface area contributed by atoms with Crippen molar-refractivity contribution in [2.45, 2.75) is 32.0 Å². The van der Waals surface area contributed by atoms with Gasteiger partial charge in [0.1, 0.15) is 5.58 Å². The molecule has 1 aromatic heterocycles. The van der Waals surface area contributed by atoms with Crippen LogP contribution in [0.3, 0.4) is 0 Å². The second-order valence-corrected chi connectivity index (χ2v) is 7.29. The number of aliphatic hydroxyl groups is 1. The van der Waals surface area contributed by atoms with Crippen LogP contribution in [0.1, 0.15) is 31.2 Å². The van der Waals surface area contributed by atoms with Gasteiger partial charge in [-0.3, -0.25) is 9.59 Å². The lowest BCUT2D eigenvalue weighted by atomic mass is 9.81. The van der Waals surface area contributed by atoms with Crippen LogP contribution >= 0.6 is 0 Å². The lowest BCUT2D eigenvalue weighted by Gasteiger charge is -2.36. The molecule has 0 bridgehead atoms. The summed E-state index contributed by atoms with van der Waals surface area (Å²) < 4.78 is 22.4. The van der Waals surface area contributed by atoms with Gasteiger partial charge in [0.15, 0.2) is 11.2 Å². The van der Waals surface area contributed by atoms with E-state index in [0.717, 1.165) is 0 Å². The van der Waals surface area contributed by atoms with E-state index in [4.69, 9.17) is 18.6 Å². The normalized spacial score (nSPS) is 20.9. The maximum Gasteiger partial charge on any atom is 0.286 e. The van der Waals surface area contributed by atoms with E-state index in [0.29, 0.717) is 49.1 Å². The van der Waals surface area contributed by atoms with Crippen molar-refractivity contribution in [1.29, 1.82) is 0 Å². The van der Waals surface area contributed by atoms with Crippen molar-refractivity contribution in [3.8, 4) is 0 Å². The number of hydrogen-bond acceptors (Lipinski definition) is 7. The van der Waals surface area contributed by atoms with Crippen molar-refractivity contribution >= 4 is 16.9 Å². The standard InChI is InChI=1S/C23H29NO7/c1-3-29-23-15(8-6-11-25)17(13-20(31-23)22(27)24-10-12-28-2)18-14-30-19-9-5-4-7-16(19)21(18)26/h4-5,7,9,13-15,17,23,25H,3,6,8,10-12H2,1-2H3,(H,24,27)/t15-,17+,23-/m0/s1. The lowest BCUT2D eigenvalue weighted by molar-refractivity contribution is -0.166. The molecule has 2 N–H and O–H groups in total. The summed E-state index contributed by atoms with van der Waals surface area (Å²) in [7, 11) is 1.55. The molecule has 8 nitrogen and oxygen atoms in total. The van der Waals surface area contributed by atoms with E-state index < -0.39 is 18.1 Å². The van der Waals surface area contributed by atoms with Crippen molar-refractivity contribution < 1.29 is 28.5 Å². The minimum atomic E-state index is -0.736. The molecular weight excluding hydrogens is 402 g/mol. The third-order valence-electron chi connectivity index (χ3n) is 5.29. The Morgan fingerprint density at radius 3 is 2.84 bits per heavy atom. The zero-order valence-electron chi connectivity index (χ0n) is 17.8. The SMILES string of the molecule is CCO[C@H]1OC(C(=O)NCCOC)=C[C@@H](c2coc3ccccc3c2=O)[C@@H]1CCCO. The first-order valence-corrected chi connectivity index (χ1v) is 10.5. The van der Waals surface area contributed by atoms with E-state index in [9.17, 15) is 14.7 Å². The molecule has 2 heterocycles. The van der Waals surface area contributed by atoms with E-state index in [2.05, 4.69) is 5.32 Å². The molecule has 31 heavy (non-hydrogen) atoms. The van der Waals surface area contributed by atoms with Gasteiger partial charge in [0, 0.05) is 44.3 Å². The second kappa shape index (κ2) is 11.1. The summed E-state index contributed by atoms with van der Waals surface area (Å²) in [6.45, 7) is 2.90. The number of carbonyl (C=O) groups is 1. The molecule has 2 aromatic rings. The van der Waals surface area contributed by atoms with Crippen LogP contribution in [0.2, 0.25) is 0 Å². The van der Waals surface area contributed by atoms with Gasteiger partial charge in [-0.05, 0) is 38.0 Å². The Balaban J connectivity index is 2.04. The van der Waals surface area contributed by atoms with Crippen molar-refractivity contribution in [1.82, 2.24) is 5.32 Å². The van der Waals surface area contributed by atoms with Gasteiger partial charge >= 0.3 is 0 Å². The Morgan fingerprint density at radius 1 is 1.29 bits per heavy atom. The topological polar surface area (TPSA) is 107 Å². The van der Waals surface area contributed by atoms with Crippen LogP contribution in [0.15, 0.2) is 51.6 Å². The highest BCUT2D eigenvalue weighted by Gasteiger charge is 2.39. The monoisotopic (exact) mass is 431 g/mol. The predicted molar refractivity (Wildman–Crippen MR) is 115 cm³/mol. The van der Waals surface area contributed by atoms with Crippen molar-refractivity contribution in [3.05, 3.63) is 58.2 Å². The summed E-state index contributed by atoms with van der Waals surface area (Å²) >= 11 is 0. The van der Waals surface area contributed by atoms with Crippen LogP contribution in [-0.2, 0) is 19.0 Å². The second-order valence-electron chi connectivity index (χ2n) is 7.29. The number of rotatable bonds is 10. The number of methoxy groups -OCH3 is 1. The van der Waals surface area contributed by atoms with Gasteiger partial charge in [0.25, 0.3) is 5.91 Å². The summed E-state index contributed by atoms with van der Waals surface area (Å²) in [4.78, 5) is 25.9. The van der Waals surface area contributed by atoms with Crippen molar-refractivity contribution in [2.75, 3.05) is 33.5 Å². The Hall–Kier alpha value is -2.68. The molecule has 0 radical (unpaired) electrons. The van der Waals surface area contributed by atoms with Crippen molar-refractivity contribution in [3.63, 3.8) is 0 Å². The molecule has 3 rings (SSSR count). The zero-order chi connectivity index (χ0) is 22.2. The van der Waals surface area contributed by atoms with Gasteiger partial charge in [0.05, 0.1) is 18.3 Å². The number of ether oxygens (including phenoxy) is 3. The van der Waals surface area contributed by atoms with E-state index >= 15 is 0 Å². The van der Waals surface area contributed by atoms with Crippen LogP contribution in [0.25, 0.3) is 11.0 Å². The lowest BCUT2D eigenvalue weighted by Crippen LogP contribution is -2.40. The number of amides is 1. The number of aliphatic hydroxyl groups excluding tert-OH is 1. The quantitative estimate of drug-likeness (QED) is 0.556. The summed E-state index contributed by atoms with van der Waals surface area (Å²) in [5.74, 6) is -1.06. The molecule has 1 amide bonds. The Kier molecular flexibility index (Phi) is 8.22. The molecule has 1 aromatic carbocycles. The molecule has 0 fully saturated rings. The fourth-order valence-corrected chi connectivity index (χ4v) is 3.80. The Labute approximate surface area is 180 Å². The van der Waals surface area contributed by atoms with Crippen LogP contribution in [0, 0.1) is 5.92 Å². The molecule has 0 aliphatic carbocycles. The number of para-hydroxylation sites is 1. The minimum Gasteiger partial charge on any atom is -0.464 e. The first kappa shape index (κ1) is 23.0.